The maximum Gasteiger partial charge on any atom is 0.280 e. The number of halogens is 3. The zero-order chi connectivity index (χ0) is 18.3. The molecule has 0 bridgehead atoms. The van der Waals surface area contributed by atoms with E-state index in [1.165, 1.54) is 24.6 Å². The fourth-order valence-corrected chi connectivity index (χ4v) is 3.87. The lowest BCUT2D eigenvalue weighted by molar-refractivity contribution is 0.149. The van der Waals surface area contributed by atoms with Crippen LogP contribution in [-0.4, -0.2) is 53.2 Å². The molecule has 0 aliphatic rings. The van der Waals surface area contributed by atoms with Crippen molar-refractivity contribution in [3.8, 4) is 0 Å². The number of nitrogens with zero attached hydrogens (tertiary/aromatic N) is 1. The monoisotopic (exact) mass is 402 g/mol. The molecule has 0 saturated heterocycles. The van der Waals surface area contributed by atoms with Crippen LogP contribution in [0.3, 0.4) is 0 Å². The van der Waals surface area contributed by atoms with Gasteiger partial charge in [-0.25, -0.2) is 4.39 Å². The van der Waals surface area contributed by atoms with Crippen LogP contribution in [0.25, 0.3) is 0 Å². The Labute approximate surface area is 152 Å². The van der Waals surface area contributed by atoms with Crippen LogP contribution in [0.1, 0.15) is 18.5 Å². The van der Waals surface area contributed by atoms with Gasteiger partial charge in [-0.05, 0) is 24.6 Å². The Morgan fingerprint density at radius 3 is 2.21 bits per heavy atom. The van der Waals surface area contributed by atoms with E-state index in [9.17, 15) is 12.8 Å². The van der Waals surface area contributed by atoms with Gasteiger partial charge in [0.05, 0.1) is 18.2 Å². The molecule has 1 N–H and O–H groups in total. The van der Waals surface area contributed by atoms with Crippen molar-refractivity contribution in [2.45, 2.75) is 13.0 Å². The molecule has 0 radical (unpaired) electrons. The molecule has 0 aliphatic heterocycles. The Morgan fingerprint density at radius 1 is 1.17 bits per heavy atom. The molecule has 0 fully saturated rings. The van der Waals surface area contributed by atoms with Gasteiger partial charge in [0.15, 0.2) is 0 Å². The van der Waals surface area contributed by atoms with Crippen molar-refractivity contribution >= 4 is 33.4 Å². The smallest absolute Gasteiger partial charge is 0.280 e. The summed E-state index contributed by atoms with van der Waals surface area (Å²) in [5.41, 5.74) is 0.292. The highest BCUT2D eigenvalue weighted by atomic mass is 35.5. The lowest BCUT2D eigenvalue weighted by Crippen LogP contribution is -2.44. The van der Waals surface area contributed by atoms with Crippen LogP contribution in [-0.2, 0) is 19.7 Å². The van der Waals surface area contributed by atoms with Gasteiger partial charge < -0.3 is 9.47 Å². The number of rotatable bonds is 10. The second-order valence-electron chi connectivity index (χ2n) is 5.02. The number of nitrogens with one attached hydrogen (secondary N) is 1. The van der Waals surface area contributed by atoms with E-state index in [0.717, 1.165) is 6.07 Å². The van der Waals surface area contributed by atoms with Crippen LogP contribution in [0.2, 0.25) is 10.0 Å². The predicted molar refractivity (Wildman–Crippen MR) is 92.2 cm³/mol. The van der Waals surface area contributed by atoms with E-state index in [4.69, 9.17) is 32.7 Å². The second-order valence-corrected chi connectivity index (χ2v) is 7.53. The molecule has 0 aliphatic carbocycles. The first-order valence-electron chi connectivity index (χ1n) is 7.12. The molecular weight excluding hydrogens is 382 g/mol. The van der Waals surface area contributed by atoms with Gasteiger partial charge in [0.25, 0.3) is 10.2 Å². The molecule has 0 aromatic heterocycles. The van der Waals surface area contributed by atoms with E-state index in [-0.39, 0.29) is 36.3 Å². The number of benzene rings is 1. The third-order valence-corrected chi connectivity index (χ3v) is 5.57. The summed E-state index contributed by atoms with van der Waals surface area (Å²) in [5.74, 6) is -0.669. The summed E-state index contributed by atoms with van der Waals surface area (Å²) < 4.78 is 52.2. The van der Waals surface area contributed by atoms with E-state index in [1.54, 1.807) is 6.92 Å². The van der Waals surface area contributed by atoms with Crippen molar-refractivity contribution in [3.63, 3.8) is 0 Å². The highest BCUT2D eigenvalue weighted by Gasteiger charge is 2.25. The fourth-order valence-electron chi connectivity index (χ4n) is 1.97. The molecule has 1 aromatic rings. The van der Waals surface area contributed by atoms with Gasteiger partial charge in [-0.3, -0.25) is 0 Å². The fraction of sp³-hybridized carbons (Fsp3) is 0.571. The minimum Gasteiger partial charge on any atom is -0.383 e. The van der Waals surface area contributed by atoms with E-state index in [2.05, 4.69) is 4.72 Å². The number of hydrogen-bond acceptors (Lipinski definition) is 4. The Kier molecular flexibility index (Phi) is 8.86. The van der Waals surface area contributed by atoms with Gasteiger partial charge in [-0.1, -0.05) is 23.2 Å². The van der Waals surface area contributed by atoms with E-state index in [0.29, 0.717) is 5.56 Å². The molecule has 0 spiro atoms. The first kappa shape index (κ1) is 21.6. The Bertz CT molecular complexity index is 638. The second kappa shape index (κ2) is 9.86. The van der Waals surface area contributed by atoms with Crippen molar-refractivity contribution in [1.29, 1.82) is 0 Å². The van der Waals surface area contributed by atoms with Crippen LogP contribution in [0.5, 0.6) is 0 Å². The van der Waals surface area contributed by atoms with Crippen molar-refractivity contribution in [2.75, 3.05) is 40.5 Å². The van der Waals surface area contributed by atoms with Gasteiger partial charge in [0, 0.05) is 38.4 Å². The van der Waals surface area contributed by atoms with Crippen LogP contribution >= 0.6 is 23.2 Å². The van der Waals surface area contributed by atoms with E-state index in [1.807, 2.05) is 0 Å². The van der Waals surface area contributed by atoms with Gasteiger partial charge in [0.1, 0.15) is 5.82 Å². The summed E-state index contributed by atoms with van der Waals surface area (Å²) >= 11 is 11.7. The van der Waals surface area contributed by atoms with E-state index >= 15 is 0 Å². The lowest BCUT2D eigenvalue weighted by atomic mass is 10.1. The zero-order valence-corrected chi connectivity index (χ0v) is 16.0. The number of ether oxygens (including phenoxy) is 2. The number of hydrogen-bond donors (Lipinski definition) is 1. The first-order chi connectivity index (χ1) is 11.2. The summed E-state index contributed by atoms with van der Waals surface area (Å²) in [6.45, 7) is 2.34. The topological polar surface area (TPSA) is 67.9 Å². The van der Waals surface area contributed by atoms with Crippen LogP contribution in [0.4, 0.5) is 4.39 Å². The molecule has 1 aromatic carbocycles. The standard InChI is InChI=1S/C14H21Cl2FN2O4S/c1-10(11-8-14(17)13(16)9-12(11)15)18-24(20,21)19(4-6-22-2)5-7-23-3/h8-10,18H,4-7H2,1-3H3. The van der Waals surface area contributed by atoms with Crippen molar-refractivity contribution in [1.82, 2.24) is 9.03 Å². The SMILES string of the molecule is COCCN(CCOC)S(=O)(=O)NC(C)c1cc(F)c(Cl)cc1Cl. The quantitative estimate of drug-likeness (QED) is 0.610. The Balaban J connectivity index is 2.95. The molecule has 6 nitrogen and oxygen atoms in total. The normalized spacial score (nSPS) is 13.5. The number of methoxy groups -OCH3 is 2. The Hall–Kier alpha value is -0.480. The molecule has 138 valence electrons. The average Bonchev–Trinajstić information content (AvgIpc) is 2.50. The lowest BCUT2D eigenvalue weighted by Gasteiger charge is -2.25. The zero-order valence-electron chi connectivity index (χ0n) is 13.7. The summed E-state index contributed by atoms with van der Waals surface area (Å²) in [7, 11) is -0.886. The summed E-state index contributed by atoms with van der Waals surface area (Å²) in [5, 5.41) is 0.0533. The van der Waals surface area contributed by atoms with Crippen molar-refractivity contribution in [3.05, 3.63) is 33.6 Å². The van der Waals surface area contributed by atoms with Gasteiger partial charge in [-0.15, -0.1) is 0 Å². The summed E-state index contributed by atoms with van der Waals surface area (Å²) in [6.07, 6.45) is 0. The highest BCUT2D eigenvalue weighted by Crippen LogP contribution is 2.29. The third-order valence-electron chi connectivity index (χ3n) is 3.26. The maximum absolute atomic E-state index is 13.6. The minimum atomic E-state index is -3.84. The molecule has 1 atom stereocenters. The van der Waals surface area contributed by atoms with Gasteiger partial charge >= 0.3 is 0 Å². The molecule has 24 heavy (non-hydrogen) atoms. The molecule has 0 saturated carbocycles. The molecule has 1 rings (SSSR count). The third kappa shape index (κ3) is 6.11. The van der Waals surface area contributed by atoms with E-state index < -0.39 is 22.1 Å². The average molecular weight is 403 g/mol. The molecule has 1 unspecified atom stereocenters. The van der Waals surface area contributed by atoms with Gasteiger partial charge in [-0.2, -0.15) is 17.4 Å². The molecule has 0 heterocycles. The Morgan fingerprint density at radius 2 is 1.71 bits per heavy atom. The molecule has 0 amide bonds. The molecule has 10 heteroatoms. The van der Waals surface area contributed by atoms with Crippen LogP contribution < -0.4 is 4.72 Å². The van der Waals surface area contributed by atoms with Crippen LogP contribution in [0, 0.1) is 5.82 Å². The van der Waals surface area contributed by atoms with Crippen molar-refractivity contribution in [2.24, 2.45) is 0 Å². The summed E-state index contributed by atoms with van der Waals surface area (Å²) in [4.78, 5) is 0. The highest BCUT2D eigenvalue weighted by molar-refractivity contribution is 7.87. The van der Waals surface area contributed by atoms with Crippen LogP contribution in [0.15, 0.2) is 12.1 Å². The molecular formula is C14H21Cl2FN2O4S. The predicted octanol–water partition coefficient (Wildman–Crippen LogP) is 2.62. The first-order valence-corrected chi connectivity index (χ1v) is 9.32. The maximum atomic E-state index is 13.6. The largest absolute Gasteiger partial charge is 0.383 e. The van der Waals surface area contributed by atoms with Crippen molar-refractivity contribution < 1.29 is 22.3 Å². The van der Waals surface area contributed by atoms with Gasteiger partial charge in [0.2, 0.25) is 0 Å². The minimum absolute atomic E-state index is 0.124. The summed E-state index contributed by atoms with van der Waals surface area (Å²) in [6, 6.07) is 1.61.